The van der Waals surface area contributed by atoms with Crippen LogP contribution in [0.4, 0.5) is 0 Å². The van der Waals surface area contributed by atoms with Gasteiger partial charge in [-0.25, -0.2) is 0 Å². The lowest BCUT2D eigenvalue weighted by Gasteiger charge is -2.22. The Morgan fingerprint density at radius 3 is 2.83 bits per heavy atom. The van der Waals surface area contributed by atoms with E-state index in [1.54, 1.807) is 32.4 Å². The number of ether oxygens (including phenoxy) is 1. The highest BCUT2D eigenvalue weighted by atomic mass is 32.1. The molecular formula is C11H17N3O3S. The molecule has 4 N–H and O–H groups in total. The Morgan fingerprint density at radius 2 is 2.33 bits per heavy atom. The highest BCUT2D eigenvalue weighted by Gasteiger charge is 2.24. The Hall–Kier alpha value is -1.76. The number of hydrogen-bond donors (Lipinski definition) is 3. The van der Waals surface area contributed by atoms with Crippen LogP contribution in [0.5, 0.6) is 5.75 Å². The van der Waals surface area contributed by atoms with Crippen LogP contribution in [-0.2, 0) is 0 Å². The average molecular weight is 271 g/mol. The van der Waals surface area contributed by atoms with Crippen molar-refractivity contribution in [3.8, 4) is 5.75 Å². The Kier molecular flexibility index (Phi) is 4.55. The Morgan fingerprint density at radius 1 is 1.67 bits per heavy atom. The summed E-state index contributed by atoms with van der Waals surface area (Å²) < 4.78 is 5.00. The highest BCUT2D eigenvalue weighted by molar-refractivity contribution is 7.12. The van der Waals surface area contributed by atoms with Crippen LogP contribution >= 0.6 is 11.3 Å². The molecular weight excluding hydrogens is 254 g/mol. The van der Waals surface area contributed by atoms with Crippen molar-refractivity contribution < 1.29 is 14.7 Å². The summed E-state index contributed by atoms with van der Waals surface area (Å²) in [6.45, 7) is 3.83. The van der Waals surface area contributed by atoms with Gasteiger partial charge >= 0.3 is 0 Å². The molecule has 6 nitrogen and oxygen atoms in total. The van der Waals surface area contributed by atoms with E-state index in [9.17, 15) is 4.79 Å². The number of nitrogens with zero attached hydrogens (tertiary/aromatic N) is 1. The number of oxime groups is 1. The molecule has 0 aliphatic carbocycles. The maximum absolute atomic E-state index is 11.8. The van der Waals surface area contributed by atoms with Crippen molar-refractivity contribution in [2.75, 3.05) is 13.7 Å². The minimum Gasteiger partial charge on any atom is -0.496 e. The molecule has 0 aliphatic heterocycles. The number of nitrogens with one attached hydrogen (secondary N) is 1. The lowest BCUT2D eigenvalue weighted by atomic mass is 9.92. The second kappa shape index (κ2) is 5.72. The van der Waals surface area contributed by atoms with Crippen molar-refractivity contribution in [1.82, 2.24) is 5.32 Å². The highest BCUT2D eigenvalue weighted by Crippen LogP contribution is 2.21. The largest absolute Gasteiger partial charge is 0.496 e. The van der Waals surface area contributed by atoms with Crippen LogP contribution in [0.1, 0.15) is 23.5 Å². The predicted molar refractivity (Wildman–Crippen MR) is 70.4 cm³/mol. The van der Waals surface area contributed by atoms with Crippen LogP contribution in [-0.4, -0.2) is 30.6 Å². The first-order valence-corrected chi connectivity index (χ1v) is 6.17. The van der Waals surface area contributed by atoms with Gasteiger partial charge in [-0.15, -0.1) is 11.3 Å². The van der Waals surface area contributed by atoms with Gasteiger partial charge in [-0.3, -0.25) is 4.79 Å². The van der Waals surface area contributed by atoms with Crippen molar-refractivity contribution in [1.29, 1.82) is 0 Å². The summed E-state index contributed by atoms with van der Waals surface area (Å²) in [5.41, 5.74) is 4.93. The fraction of sp³-hybridized carbons (Fsp3) is 0.455. The number of nitrogens with two attached hydrogens (primary N) is 1. The molecule has 0 atom stereocenters. The number of carbonyl (C=O) groups is 1. The lowest BCUT2D eigenvalue weighted by Crippen LogP contribution is -2.42. The summed E-state index contributed by atoms with van der Waals surface area (Å²) in [6.07, 6.45) is 0. The second-order valence-corrected chi connectivity index (χ2v) is 5.31. The van der Waals surface area contributed by atoms with Gasteiger partial charge in [-0.1, -0.05) is 19.0 Å². The molecule has 1 rings (SSSR count). The van der Waals surface area contributed by atoms with Crippen LogP contribution < -0.4 is 15.8 Å². The molecule has 0 spiro atoms. The SMILES string of the molecule is COc1csc(C(=O)NCC(C)(C)C(N)=NO)c1. The van der Waals surface area contributed by atoms with Crippen molar-refractivity contribution in [3.63, 3.8) is 0 Å². The number of thiophene rings is 1. The second-order valence-electron chi connectivity index (χ2n) is 4.40. The molecule has 1 aromatic heterocycles. The molecule has 1 aromatic rings. The molecule has 0 aromatic carbocycles. The van der Waals surface area contributed by atoms with Crippen LogP contribution in [0.3, 0.4) is 0 Å². The van der Waals surface area contributed by atoms with Crippen molar-refractivity contribution in [3.05, 3.63) is 16.3 Å². The zero-order valence-corrected chi connectivity index (χ0v) is 11.4. The first-order chi connectivity index (χ1) is 8.40. The van der Waals surface area contributed by atoms with E-state index >= 15 is 0 Å². The van der Waals surface area contributed by atoms with Gasteiger partial charge < -0.3 is 21.0 Å². The third-order valence-corrected chi connectivity index (χ3v) is 3.43. The van der Waals surface area contributed by atoms with E-state index < -0.39 is 5.41 Å². The van der Waals surface area contributed by atoms with E-state index in [-0.39, 0.29) is 18.3 Å². The standard InChI is InChI=1S/C11H17N3O3S/c1-11(2,10(12)14-16)6-13-9(15)8-4-7(17-3)5-18-8/h4-5,16H,6H2,1-3H3,(H2,12,14)(H,13,15). The molecule has 0 saturated carbocycles. The fourth-order valence-electron chi connectivity index (χ4n) is 1.16. The minimum absolute atomic E-state index is 0.0755. The molecule has 7 heteroatoms. The van der Waals surface area contributed by atoms with Crippen LogP contribution in [0.2, 0.25) is 0 Å². The minimum atomic E-state index is -0.605. The predicted octanol–water partition coefficient (Wildman–Crippen LogP) is 1.26. The van der Waals surface area contributed by atoms with Gasteiger partial charge in [0.25, 0.3) is 5.91 Å². The summed E-state index contributed by atoms with van der Waals surface area (Å²) in [5.74, 6) is 0.523. The summed E-state index contributed by atoms with van der Waals surface area (Å²) in [6, 6.07) is 1.66. The Labute approximate surface area is 109 Å². The van der Waals surface area contributed by atoms with E-state index in [0.717, 1.165) is 0 Å². The third-order valence-electron chi connectivity index (χ3n) is 2.53. The third kappa shape index (κ3) is 3.36. The number of methoxy groups -OCH3 is 1. The topological polar surface area (TPSA) is 96.9 Å². The molecule has 0 radical (unpaired) electrons. The molecule has 0 saturated heterocycles. The van der Waals surface area contributed by atoms with E-state index in [0.29, 0.717) is 10.6 Å². The van der Waals surface area contributed by atoms with Gasteiger partial charge in [0.05, 0.1) is 12.0 Å². The van der Waals surface area contributed by atoms with E-state index in [4.69, 9.17) is 15.7 Å². The molecule has 1 heterocycles. The zero-order chi connectivity index (χ0) is 13.8. The molecule has 100 valence electrons. The smallest absolute Gasteiger partial charge is 0.261 e. The maximum Gasteiger partial charge on any atom is 0.261 e. The Bertz CT molecular complexity index is 454. The first kappa shape index (κ1) is 14.3. The van der Waals surface area contributed by atoms with Gasteiger partial charge in [-0.2, -0.15) is 0 Å². The summed E-state index contributed by atoms with van der Waals surface area (Å²) >= 11 is 1.30. The number of hydrogen-bond acceptors (Lipinski definition) is 5. The number of amidine groups is 1. The van der Waals surface area contributed by atoms with Crippen molar-refractivity contribution in [2.45, 2.75) is 13.8 Å². The summed E-state index contributed by atoms with van der Waals surface area (Å²) in [5, 5.41) is 16.1. The van der Waals surface area contributed by atoms with Gasteiger partial charge in [0, 0.05) is 23.4 Å². The zero-order valence-electron chi connectivity index (χ0n) is 10.6. The van der Waals surface area contributed by atoms with Gasteiger partial charge in [0.2, 0.25) is 0 Å². The monoisotopic (exact) mass is 271 g/mol. The van der Waals surface area contributed by atoms with Gasteiger partial charge in [0.1, 0.15) is 11.6 Å². The van der Waals surface area contributed by atoms with Crippen molar-refractivity contribution in [2.24, 2.45) is 16.3 Å². The van der Waals surface area contributed by atoms with E-state index in [1.807, 2.05) is 0 Å². The lowest BCUT2D eigenvalue weighted by molar-refractivity contribution is 0.0948. The number of carbonyl (C=O) groups excluding carboxylic acids is 1. The number of amides is 1. The molecule has 18 heavy (non-hydrogen) atoms. The van der Waals surface area contributed by atoms with E-state index in [2.05, 4.69) is 10.5 Å². The molecule has 0 fully saturated rings. The maximum atomic E-state index is 11.8. The molecule has 0 aliphatic rings. The first-order valence-electron chi connectivity index (χ1n) is 5.29. The molecule has 1 amide bonds. The molecule has 0 bridgehead atoms. The molecule has 0 unspecified atom stereocenters. The van der Waals surface area contributed by atoms with Gasteiger partial charge in [0.15, 0.2) is 0 Å². The van der Waals surface area contributed by atoms with Crippen LogP contribution in [0, 0.1) is 5.41 Å². The summed E-state index contributed by atoms with van der Waals surface area (Å²) in [4.78, 5) is 12.4. The van der Waals surface area contributed by atoms with Crippen molar-refractivity contribution >= 4 is 23.1 Å². The van der Waals surface area contributed by atoms with Gasteiger partial charge in [-0.05, 0) is 0 Å². The quantitative estimate of drug-likeness (QED) is 0.325. The van der Waals surface area contributed by atoms with Crippen LogP contribution in [0.15, 0.2) is 16.6 Å². The normalized spacial score (nSPS) is 12.3. The average Bonchev–Trinajstić information content (AvgIpc) is 2.83. The number of rotatable bonds is 5. The van der Waals surface area contributed by atoms with E-state index in [1.165, 1.54) is 11.3 Å². The van der Waals surface area contributed by atoms with Crippen LogP contribution in [0.25, 0.3) is 0 Å². The Balaban J connectivity index is 2.61. The fourth-order valence-corrected chi connectivity index (χ4v) is 1.93. The summed E-state index contributed by atoms with van der Waals surface area (Å²) in [7, 11) is 1.55.